The molecule has 0 saturated carbocycles. The van der Waals surface area contributed by atoms with Crippen molar-refractivity contribution in [1.29, 1.82) is 0 Å². The van der Waals surface area contributed by atoms with Crippen LogP contribution in [0.2, 0.25) is 0 Å². The lowest BCUT2D eigenvalue weighted by Gasteiger charge is -2.25. The van der Waals surface area contributed by atoms with Gasteiger partial charge in [0.1, 0.15) is 10.7 Å². The summed E-state index contributed by atoms with van der Waals surface area (Å²) < 4.78 is 27.9. The van der Waals surface area contributed by atoms with Crippen molar-refractivity contribution >= 4 is 31.8 Å². The minimum atomic E-state index is -3.60. The number of aromatic nitrogens is 1. The minimum Gasteiger partial charge on any atom is -0.383 e. The first-order valence-corrected chi connectivity index (χ1v) is 9.26. The molecule has 2 unspecified atom stereocenters. The van der Waals surface area contributed by atoms with Gasteiger partial charge in [-0.1, -0.05) is 0 Å². The molecule has 0 amide bonds. The van der Waals surface area contributed by atoms with Crippen LogP contribution in [0.15, 0.2) is 21.6 Å². The van der Waals surface area contributed by atoms with Gasteiger partial charge in [0.2, 0.25) is 10.0 Å². The lowest BCUT2D eigenvalue weighted by molar-refractivity contribution is 0.246. The number of likely N-dealkylation sites (N-methyl/N-ethyl adjacent to an activating group) is 1. The van der Waals surface area contributed by atoms with Gasteiger partial charge >= 0.3 is 0 Å². The molecule has 0 spiro atoms. The van der Waals surface area contributed by atoms with E-state index >= 15 is 0 Å². The fraction of sp³-hybridized carbons (Fsp3) is 0.615. The van der Waals surface area contributed by atoms with Crippen LogP contribution in [0.4, 0.5) is 5.82 Å². The van der Waals surface area contributed by atoms with Crippen LogP contribution in [0.25, 0.3) is 0 Å². The summed E-state index contributed by atoms with van der Waals surface area (Å²) in [6, 6.07) is 2.33. The summed E-state index contributed by atoms with van der Waals surface area (Å²) in [5.74, 6) is 0.0564. The van der Waals surface area contributed by atoms with Crippen molar-refractivity contribution in [3.8, 4) is 0 Å². The van der Waals surface area contributed by atoms with Crippen molar-refractivity contribution in [2.45, 2.75) is 36.2 Å². The van der Waals surface area contributed by atoms with E-state index in [1.54, 1.807) is 4.31 Å². The standard InChI is InChI=1S/C13H19BrN4O2S/c1-17-10-2-3-11(17)8-18(5-4-10)21(19,20)12-6-9(14)7-16-13(12)15/h6-7,10-11H,2-5,8H2,1H3,(H2,15,16). The van der Waals surface area contributed by atoms with Crippen LogP contribution >= 0.6 is 15.9 Å². The molecule has 0 aromatic carbocycles. The predicted octanol–water partition coefficient (Wildman–Crippen LogP) is 1.28. The molecule has 2 bridgehead atoms. The molecule has 2 aliphatic rings. The van der Waals surface area contributed by atoms with Crippen LogP contribution in [-0.4, -0.2) is 54.8 Å². The lowest BCUT2D eigenvalue weighted by Crippen LogP contribution is -2.39. The number of pyridine rings is 1. The normalized spacial score (nSPS) is 27.7. The maximum Gasteiger partial charge on any atom is 0.246 e. The van der Waals surface area contributed by atoms with Gasteiger partial charge < -0.3 is 5.73 Å². The van der Waals surface area contributed by atoms with Gasteiger partial charge in [-0.25, -0.2) is 13.4 Å². The van der Waals surface area contributed by atoms with Gasteiger partial charge in [-0.15, -0.1) is 0 Å². The smallest absolute Gasteiger partial charge is 0.246 e. The van der Waals surface area contributed by atoms with E-state index in [1.807, 2.05) is 0 Å². The van der Waals surface area contributed by atoms with E-state index in [0.717, 1.165) is 19.3 Å². The summed E-state index contributed by atoms with van der Waals surface area (Å²) >= 11 is 3.26. The first kappa shape index (κ1) is 15.2. The number of nitrogens with zero attached hydrogens (tertiary/aromatic N) is 3. The molecule has 1 aromatic heterocycles. The van der Waals surface area contributed by atoms with Gasteiger partial charge in [-0.2, -0.15) is 4.31 Å². The van der Waals surface area contributed by atoms with Crippen molar-refractivity contribution in [2.75, 3.05) is 25.9 Å². The lowest BCUT2D eigenvalue weighted by atomic mass is 10.1. The zero-order valence-corrected chi connectivity index (χ0v) is 14.3. The zero-order chi connectivity index (χ0) is 15.2. The summed E-state index contributed by atoms with van der Waals surface area (Å²) in [5.41, 5.74) is 5.78. The number of nitrogen functional groups attached to an aromatic ring is 1. The van der Waals surface area contributed by atoms with Crippen LogP contribution < -0.4 is 5.73 Å². The highest BCUT2D eigenvalue weighted by Crippen LogP contribution is 2.32. The summed E-state index contributed by atoms with van der Waals surface area (Å²) in [5, 5.41) is 0. The molecule has 2 saturated heterocycles. The molecular formula is C13H19BrN4O2S. The van der Waals surface area contributed by atoms with E-state index < -0.39 is 10.0 Å². The molecule has 2 atom stereocenters. The SMILES string of the molecule is CN1C2CCC1CN(S(=O)(=O)c1cc(Br)cnc1N)CC2. The third-order valence-electron chi connectivity index (χ3n) is 4.58. The summed E-state index contributed by atoms with van der Waals surface area (Å²) in [6.45, 7) is 1.07. The number of anilines is 1. The van der Waals surface area contributed by atoms with Crippen molar-refractivity contribution < 1.29 is 8.42 Å². The molecule has 2 aliphatic heterocycles. The molecule has 21 heavy (non-hydrogen) atoms. The van der Waals surface area contributed by atoms with Gasteiger partial charge in [0.15, 0.2) is 0 Å². The fourth-order valence-electron chi connectivity index (χ4n) is 3.27. The molecule has 0 radical (unpaired) electrons. The van der Waals surface area contributed by atoms with E-state index in [9.17, 15) is 8.42 Å². The Labute approximate surface area is 133 Å². The highest BCUT2D eigenvalue weighted by Gasteiger charge is 2.39. The topological polar surface area (TPSA) is 79.5 Å². The maximum atomic E-state index is 12.9. The zero-order valence-electron chi connectivity index (χ0n) is 11.9. The summed E-state index contributed by atoms with van der Waals surface area (Å²) in [4.78, 5) is 6.35. The van der Waals surface area contributed by atoms with E-state index in [1.165, 1.54) is 12.3 Å². The predicted molar refractivity (Wildman–Crippen MR) is 84.3 cm³/mol. The number of hydrogen-bond donors (Lipinski definition) is 1. The fourth-order valence-corrected chi connectivity index (χ4v) is 5.34. The molecule has 1 aromatic rings. The molecule has 8 heteroatoms. The number of fused-ring (bicyclic) bond motifs is 2. The summed E-state index contributed by atoms with van der Waals surface area (Å²) in [6.07, 6.45) is 4.59. The largest absolute Gasteiger partial charge is 0.383 e. The van der Waals surface area contributed by atoms with Crippen LogP contribution in [0, 0.1) is 0 Å². The van der Waals surface area contributed by atoms with E-state index in [0.29, 0.717) is 29.6 Å². The quantitative estimate of drug-likeness (QED) is 0.843. The molecule has 116 valence electrons. The van der Waals surface area contributed by atoms with Gasteiger partial charge in [0.25, 0.3) is 0 Å². The molecular weight excluding hydrogens is 356 g/mol. The van der Waals surface area contributed by atoms with Gasteiger partial charge in [0, 0.05) is 35.8 Å². The highest BCUT2D eigenvalue weighted by atomic mass is 79.9. The molecule has 2 fully saturated rings. The molecule has 6 nitrogen and oxygen atoms in total. The molecule has 0 aliphatic carbocycles. The Hall–Kier alpha value is -0.700. The Morgan fingerprint density at radius 1 is 1.33 bits per heavy atom. The first-order chi connectivity index (χ1) is 9.89. The van der Waals surface area contributed by atoms with E-state index in [2.05, 4.69) is 32.9 Å². The van der Waals surface area contributed by atoms with Crippen molar-refractivity contribution in [1.82, 2.24) is 14.2 Å². The van der Waals surface area contributed by atoms with Crippen molar-refractivity contribution in [3.05, 3.63) is 16.7 Å². The van der Waals surface area contributed by atoms with E-state index in [-0.39, 0.29) is 10.7 Å². The minimum absolute atomic E-state index is 0.0564. The van der Waals surface area contributed by atoms with Crippen molar-refractivity contribution in [3.63, 3.8) is 0 Å². The van der Waals surface area contributed by atoms with Crippen molar-refractivity contribution in [2.24, 2.45) is 0 Å². The van der Waals surface area contributed by atoms with Crippen LogP contribution in [0.1, 0.15) is 19.3 Å². The second kappa shape index (κ2) is 5.49. The summed E-state index contributed by atoms with van der Waals surface area (Å²) in [7, 11) is -1.50. The number of nitrogens with two attached hydrogens (primary N) is 1. The Morgan fingerprint density at radius 2 is 2.05 bits per heavy atom. The Kier molecular flexibility index (Phi) is 3.98. The molecule has 2 N–H and O–H groups in total. The van der Waals surface area contributed by atoms with Gasteiger partial charge in [-0.05, 0) is 48.3 Å². The number of sulfonamides is 1. The van der Waals surface area contributed by atoms with Crippen LogP contribution in [-0.2, 0) is 10.0 Å². The van der Waals surface area contributed by atoms with Gasteiger partial charge in [-0.3, -0.25) is 4.90 Å². The monoisotopic (exact) mass is 374 g/mol. The maximum absolute atomic E-state index is 12.9. The molecule has 3 heterocycles. The Balaban J connectivity index is 1.93. The van der Waals surface area contributed by atoms with Crippen LogP contribution in [0.3, 0.4) is 0 Å². The number of rotatable bonds is 2. The average molecular weight is 375 g/mol. The number of hydrogen-bond acceptors (Lipinski definition) is 5. The molecule has 3 rings (SSSR count). The second-order valence-corrected chi connectivity index (χ2v) is 8.56. The Morgan fingerprint density at radius 3 is 2.81 bits per heavy atom. The number of halogens is 1. The first-order valence-electron chi connectivity index (χ1n) is 7.02. The van der Waals surface area contributed by atoms with Gasteiger partial charge in [0.05, 0.1) is 0 Å². The highest BCUT2D eigenvalue weighted by molar-refractivity contribution is 9.10. The third kappa shape index (κ3) is 2.69. The van der Waals surface area contributed by atoms with Crippen LogP contribution in [0.5, 0.6) is 0 Å². The second-order valence-electron chi connectivity index (χ2n) is 5.74. The van der Waals surface area contributed by atoms with E-state index in [4.69, 9.17) is 5.73 Å². The Bertz CT molecular complexity index is 652. The average Bonchev–Trinajstić information content (AvgIpc) is 2.65. The third-order valence-corrected chi connectivity index (χ3v) is 6.91.